The highest BCUT2D eigenvalue weighted by Crippen LogP contribution is 2.23. The normalized spacial score (nSPS) is 19.6. The second kappa shape index (κ2) is 43.3. The standard InChI is InChI=1S/C52H98O10/c1-3-5-7-9-11-13-15-17-19-20-21-22-23-24-25-27-28-30-32-34-36-38-40-47(54)59-43-45(44-60-52-51(58)50(57)49(56)46(42-53)62-52)61-48(55)41-39-37-35-33-31-29-26-18-16-14-12-10-8-6-4-2/h31,33,45-46,49-53,56-58H,3-30,32,34-44H2,1-2H3/b33-31+/t45-,46-,49+,50?,51?,52-/m0/s1. The summed E-state index contributed by atoms with van der Waals surface area (Å²) < 4.78 is 22.2. The van der Waals surface area contributed by atoms with Gasteiger partial charge in [0.05, 0.1) is 13.2 Å². The van der Waals surface area contributed by atoms with E-state index in [-0.39, 0.29) is 32.0 Å². The Morgan fingerprint density at radius 2 is 0.855 bits per heavy atom. The zero-order valence-electron chi connectivity index (χ0n) is 40.1. The molecule has 0 bridgehead atoms. The van der Waals surface area contributed by atoms with Crippen LogP contribution in [0.1, 0.15) is 251 Å². The van der Waals surface area contributed by atoms with Crippen molar-refractivity contribution < 1.29 is 49.0 Å². The third-order valence-electron chi connectivity index (χ3n) is 12.4. The molecule has 10 heteroatoms. The molecule has 1 saturated heterocycles. The number of hydrogen-bond acceptors (Lipinski definition) is 10. The number of rotatable bonds is 45. The molecule has 62 heavy (non-hydrogen) atoms. The molecular formula is C52H98O10. The Balaban J connectivity index is 2.22. The zero-order valence-corrected chi connectivity index (χ0v) is 40.1. The van der Waals surface area contributed by atoms with E-state index in [0.29, 0.717) is 6.42 Å². The van der Waals surface area contributed by atoms with Crippen LogP contribution in [0.2, 0.25) is 0 Å². The van der Waals surface area contributed by atoms with E-state index in [9.17, 15) is 30.0 Å². The quantitative estimate of drug-likeness (QED) is 0.0264. The smallest absolute Gasteiger partial charge is 0.306 e. The number of allylic oxidation sites excluding steroid dienone is 2. The molecule has 4 N–H and O–H groups in total. The van der Waals surface area contributed by atoms with Crippen molar-refractivity contribution in [2.75, 3.05) is 19.8 Å². The Kier molecular flexibility index (Phi) is 40.9. The van der Waals surface area contributed by atoms with E-state index < -0.39 is 49.4 Å². The Morgan fingerprint density at radius 1 is 0.484 bits per heavy atom. The lowest BCUT2D eigenvalue weighted by Crippen LogP contribution is -2.59. The van der Waals surface area contributed by atoms with E-state index in [2.05, 4.69) is 26.0 Å². The number of aliphatic hydroxyl groups is 4. The van der Waals surface area contributed by atoms with Crippen LogP contribution in [0.25, 0.3) is 0 Å². The van der Waals surface area contributed by atoms with Crippen LogP contribution < -0.4 is 0 Å². The molecular weight excluding hydrogens is 785 g/mol. The average Bonchev–Trinajstić information content (AvgIpc) is 3.27. The van der Waals surface area contributed by atoms with Gasteiger partial charge in [-0.1, -0.05) is 212 Å². The summed E-state index contributed by atoms with van der Waals surface area (Å²) >= 11 is 0. The lowest BCUT2D eigenvalue weighted by Gasteiger charge is -2.39. The lowest BCUT2D eigenvalue weighted by atomic mass is 9.99. The predicted molar refractivity (Wildman–Crippen MR) is 252 cm³/mol. The van der Waals surface area contributed by atoms with Gasteiger partial charge < -0.3 is 39.4 Å². The molecule has 366 valence electrons. The van der Waals surface area contributed by atoms with E-state index >= 15 is 0 Å². The van der Waals surface area contributed by atoms with Crippen molar-refractivity contribution in [1.29, 1.82) is 0 Å². The van der Waals surface area contributed by atoms with E-state index in [1.165, 1.54) is 180 Å². The molecule has 0 aromatic heterocycles. The van der Waals surface area contributed by atoms with Crippen LogP contribution in [0.5, 0.6) is 0 Å². The summed E-state index contributed by atoms with van der Waals surface area (Å²) in [6.07, 6.45) is 40.9. The van der Waals surface area contributed by atoms with Gasteiger partial charge in [-0.25, -0.2) is 0 Å². The van der Waals surface area contributed by atoms with E-state index in [1.807, 2.05) is 0 Å². The van der Waals surface area contributed by atoms with Gasteiger partial charge in [0.2, 0.25) is 0 Å². The van der Waals surface area contributed by atoms with Crippen LogP contribution in [-0.4, -0.2) is 89.0 Å². The number of ether oxygens (including phenoxy) is 4. The number of carbonyl (C=O) groups is 2. The summed E-state index contributed by atoms with van der Waals surface area (Å²) in [5.74, 6) is -0.817. The first-order chi connectivity index (χ1) is 30.3. The summed E-state index contributed by atoms with van der Waals surface area (Å²) in [5.41, 5.74) is 0. The van der Waals surface area contributed by atoms with Gasteiger partial charge in [-0.2, -0.15) is 0 Å². The minimum atomic E-state index is -1.59. The first kappa shape index (κ1) is 58.5. The number of esters is 2. The molecule has 1 rings (SSSR count). The summed E-state index contributed by atoms with van der Waals surface area (Å²) in [6, 6.07) is 0. The minimum Gasteiger partial charge on any atom is -0.462 e. The Hall–Kier alpha value is -1.56. The molecule has 1 aliphatic heterocycles. The zero-order chi connectivity index (χ0) is 45.1. The SMILES string of the molecule is CCCCCCCCCCC/C=C/CCCCC(=O)O[C@@H](COC(=O)CCCCCCCCCCCCCCCCCCCCCCCC)CO[C@H]1O[C@@H](CO)[C@@H](O)C(O)C1O. The third-order valence-corrected chi connectivity index (χ3v) is 12.4. The second-order valence-electron chi connectivity index (χ2n) is 18.3. The molecule has 1 aliphatic rings. The Morgan fingerprint density at radius 3 is 1.29 bits per heavy atom. The number of unbranched alkanes of at least 4 members (excludes halogenated alkanes) is 32. The number of aliphatic hydroxyl groups excluding tert-OH is 4. The second-order valence-corrected chi connectivity index (χ2v) is 18.3. The van der Waals surface area contributed by atoms with Crippen molar-refractivity contribution in [3.8, 4) is 0 Å². The maximum Gasteiger partial charge on any atom is 0.306 e. The van der Waals surface area contributed by atoms with Crippen LogP contribution in [0, 0.1) is 0 Å². The monoisotopic (exact) mass is 883 g/mol. The van der Waals surface area contributed by atoms with E-state index in [0.717, 1.165) is 38.5 Å². The van der Waals surface area contributed by atoms with Crippen molar-refractivity contribution in [2.24, 2.45) is 0 Å². The molecule has 10 nitrogen and oxygen atoms in total. The van der Waals surface area contributed by atoms with E-state index in [4.69, 9.17) is 18.9 Å². The van der Waals surface area contributed by atoms with Crippen molar-refractivity contribution in [1.82, 2.24) is 0 Å². The summed E-state index contributed by atoms with van der Waals surface area (Å²) in [5, 5.41) is 40.2. The fraction of sp³-hybridized carbons (Fsp3) is 0.923. The van der Waals surface area contributed by atoms with Gasteiger partial charge in [0.15, 0.2) is 12.4 Å². The van der Waals surface area contributed by atoms with Crippen molar-refractivity contribution >= 4 is 11.9 Å². The van der Waals surface area contributed by atoms with Gasteiger partial charge in [0.1, 0.15) is 31.0 Å². The third kappa shape index (κ3) is 33.9. The van der Waals surface area contributed by atoms with Crippen LogP contribution in [-0.2, 0) is 28.5 Å². The van der Waals surface area contributed by atoms with Gasteiger partial charge in [-0.3, -0.25) is 9.59 Å². The summed E-state index contributed by atoms with van der Waals surface area (Å²) in [4.78, 5) is 25.4. The minimum absolute atomic E-state index is 0.204. The van der Waals surface area contributed by atoms with Gasteiger partial charge in [-0.05, 0) is 38.5 Å². The number of hydrogen-bond donors (Lipinski definition) is 4. The van der Waals surface area contributed by atoms with Crippen molar-refractivity contribution in [3.63, 3.8) is 0 Å². The maximum absolute atomic E-state index is 12.8. The summed E-state index contributed by atoms with van der Waals surface area (Å²) in [6.45, 7) is 3.45. The highest BCUT2D eigenvalue weighted by molar-refractivity contribution is 5.70. The van der Waals surface area contributed by atoms with Gasteiger partial charge in [0, 0.05) is 12.8 Å². The fourth-order valence-electron chi connectivity index (χ4n) is 8.24. The molecule has 1 heterocycles. The topological polar surface area (TPSA) is 152 Å². The number of carbonyl (C=O) groups excluding carboxylic acids is 2. The molecule has 1 fully saturated rings. The first-order valence-electron chi connectivity index (χ1n) is 26.3. The highest BCUT2D eigenvalue weighted by Gasteiger charge is 2.44. The lowest BCUT2D eigenvalue weighted by molar-refractivity contribution is -0.305. The maximum atomic E-state index is 12.8. The van der Waals surface area contributed by atoms with Crippen LogP contribution in [0.4, 0.5) is 0 Å². The van der Waals surface area contributed by atoms with E-state index in [1.54, 1.807) is 0 Å². The Labute approximate surface area is 380 Å². The molecule has 2 unspecified atom stereocenters. The largest absolute Gasteiger partial charge is 0.462 e. The van der Waals surface area contributed by atoms with Crippen molar-refractivity contribution in [2.45, 2.75) is 288 Å². The molecule has 0 spiro atoms. The van der Waals surface area contributed by atoms with Gasteiger partial charge in [0.25, 0.3) is 0 Å². The van der Waals surface area contributed by atoms with Crippen LogP contribution >= 0.6 is 0 Å². The van der Waals surface area contributed by atoms with Gasteiger partial charge >= 0.3 is 11.9 Å². The fourth-order valence-corrected chi connectivity index (χ4v) is 8.24. The van der Waals surface area contributed by atoms with Crippen LogP contribution in [0.3, 0.4) is 0 Å². The predicted octanol–water partition coefficient (Wildman–Crippen LogP) is 12.3. The average molecular weight is 883 g/mol. The highest BCUT2D eigenvalue weighted by atomic mass is 16.7. The molecule has 6 atom stereocenters. The molecule has 0 aliphatic carbocycles. The first-order valence-corrected chi connectivity index (χ1v) is 26.3. The molecule has 0 aromatic rings. The van der Waals surface area contributed by atoms with Gasteiger partial charge in [-0.15, -0.1) is 0 Å². The molecule has 0 radical (unpaired) electrons. The molecule has 0 saturated carbocycles. The Bertz CT molecular complexity index is 1020. The summed E-state index contributed by atoms with van der Waals surface area (Å²) in [7, 11) is 0. The van der Waals surface area contributed by atoms with Crippen LogP contribution in [0.15, 0.2) is 12.2 Å². The molecule has 0 amide bonds. The molecule has 0 aromatic carbocycles. The van der Waals surface area contributed by atoms with Crippen molar-refractivity contribution in [3.05, 3.63) is 12.2 Å².